The van der Waals surface area contributed by atoms with Gasteiger partial charge in [-0.05, 0) is 57.4 Å². The number of alkyl halides is 1. The van der Waals surface area contributed by atoms with Crippen LogP contribution in [0.5, 0.6) is 0 Å². The molecule has 0 saturated carbocycles. The molecule has 0 radical (unpaired) electrons. The van der Waals surface area contributed by atoms with Gasteiger partial charge >= 0.3 is 0 Å². The van der Waals surface area contributed by atoms with Crippen molar-refractivity contribution in [2.45, 2.75) is 5.38 Å². The van der Waals surface area contributed by atoms with Crippen molar-refractivity contribution in [3.05, 3.63) is 57.2 Å². The summed E-state index contributed by atoms with van der Waals surface area (Å²) in [5.74, 6) is 0.204. The van der Waals surface area contributed by atoms with Gasteiger partial charge in [0.05, 0.1) is 4.47 Å². The summed E-state index contributed by atoms with van der Waals surface area (Å²) in [6.45, 7) is 0. The Kier molecular flexibility index (Phi) is 3.57. The van der Waals surface area contributed by atoms with E-state index in [0.29, 0.717) is 10.2 Å². The fourth-order valence-corrected chi connectivity index (χ4v) is 2.10. The summed E-state index contributed by atoms with van der Waals surface area (Å²) < 4.78 is 18.6. The van der Waals surface area contributed by atoms with E-state index in [9.17, 15) is 4.39 Å². The molecule has 0 N–H and O–H groups in total. The molecule has 2 aromatic rings. The SMILES string of the molecule is Fc1ccc(C(Cl)c2ccc(Cl)o2)cc1Br. The summed E-state index contributed by atoms with van der Waals surface area (Å²) in [5.41, 5.74) is 0.737. The lowest BCUT2D eigenvalue weighted by Gasteiger charge is -2.07. The molecule has 0 aliphatic rings. The molecule has 1 aromatic carbocycles. The van der Waals surface area contributed by atoms with Crippen LogP contribution in [0.2, 0.25) is 5.22 Å². The van der Waals surface area contributed by atoms with Crippen molar-refractivity contribution in [2.24, 2.45) is 0 Å². The predicted octanol–water partition coefficient (Wildman–Crippen LogP) is 5.16. The van der Waals surface area contributed by atoms with E-state index in [4.69, 9.17) is 27.6 Å². The minimum atomic E-state index is -0.482. The van der Waals surface area contributed by atoms with Crippen molar-refractivity contribution in [1.82, 2.24) is 0 Å². The smallest absolute Gasteiger partial charge is 0.193 e. The molecule has 1 nitrogen and oxygen atoms in total. The molecule has 0 aliphatic carbocycles. The lowest BCUT2D eigenvalue weighted by atomic mass is 10.1. The molecule has 5 heteroatoms. The monoisotopic (exact) mass is 322 g/mol. The molecule has 16 heavy (non-hydrogen) atoms. The minimum absolute atomic E-state index is 0.279. The maximum Gasteiger partial charge on any atom is 0.193 e. The van der Waals surface area contributed by atoms with Crippen LogP contribution < -0.4 is 0 Å². The molecule has 0 spiro atoms. The van der Waals surface area contributed by atoms with Gasteiger partial charge in [0.25, 0.3) is 0 Å². The number of hydrogen-bond donors (Lipinski definition) is 0. The second-order valence-electron chi connectivity index (χ2n) is 3.18. The van der Waals surface area contributed by atoms with Crippen molar-refractivity contribution >= 4 is 39.1 Å². The third kappa shape index (κ3) is 2.42. The summed E-state index contributed by atoms with van der Waals surface area (Å²) >= 11 is 14.9. The quantitative estimate of drug-likeness (QED) is 0.695. The lowest BCUT2D eigenvalue weighted by molar-refractivity contribution is 0.518. The fourth-order valence-electron chi connectivity index (χ4n) is 1.30. The molecule has 1 aromatic heterocycles. The normalized spacial score (nSPS) is 12.8. The number of benzene rings is 1. The molecular formula is C11H6BrCl2FO. The molecule has 0 fully saturated rings. The van der Waals surface area contributed by atoms with Crippen molar-refractivity contribution in [3.8, 4) is 0 Å². The van der Waals surface area contributed by atoms with E-state index < -0.39 is 5.38 Å². The Morgan fingerprint density at radius 2 is 2.00 bits per heavy atom. The average molecular weight is 324 g/mol. The van der Waals surface area contributed by atoms with Gasteiger partial charge < -0.3 is 4.42 Å². The fraction of sp³-hybridized carbons (Fsp3) is 0.0909. The molecular weight excluding hydrogens is 318 g/mol. The standard InChI is InChI=1S/C11H6BrCl2FO/c12-7-5-6(1-2-8(7)15)11(14)9-3-4-10(13)16-9/h1-5,11H. The van der Waals surface area contributed by atoms with Gasteiger partial charge in [0.15, 0.2) is 5.22 Å². The van der Waals surface area contributed by atoms with Crippen LogP contribution >= 0.6 is 39.1 Å². The van der Waals surface area contributed by atoms with Gasteiger partial charge in [-0.3, -0.25) is 0 Å². The summed E-state index contributed by atoms with van der Waals surface area (Å²) in [4.78, 5) is 0. The van der Waals surface area contributed by atoms with Crippen molar-refractivity contribution in [3.63, 3.8) is 0 Å². The maximum absolute atomic E-state index is 13.0. The van der Waals surface area contributed by atoms with Gasteiger partial charge in [-0.2, -0.15) is 0 Å². The van der Waals surface area contributed by atoms with Crippen LogP contribution in [0.25, 0.3) is 0 Å². The summed E-state index contributed by atoms with van der Waals surface area (Å²) in [5, 5.41) is -0.203. The van der Waals surface area contributed by atoms with Gasteiger partial charge in [-0.1, -0.05) is 6.07 Å². The van der Waals surface area contributed by atoms with Gasteiger partial charge in [0, 0.05) is 0 Å². The Labute approximate surface area is 110 Å². The van der Waals surface area contributed by atoms with Crippen LogP contribution in [0.1, 0.15) is 16.7 Å². The highest BCUT2D eigenvalue weighted by Crippen LogP contribution is 2.33. The Hall–Kier alpha value is -0.510. The zero-order valence-corrected chi connectivity index (χ0v) is 11.0. The third-order valence-electron chi connectivity index (χ3n) is 2.08. The van der Waals surface area contributed by atoms with E-state index in [1.807, 2.05) is 0 Å². The van der Waals surface area contributed by atoms with Crippen LogP contribution in [-0.2, 0) is 0 Å². The number of rotatable bonds is 2. The van der Waals surface area contributed by atoms with E-state index in [2.05, 4.69) is 15.9 Å². The number of furan rings is 1. The third-order valence-corrected chi connectivity index (χ3v) is 3.36. The Balaban J connectivity index is 2.33. The van der Waals surface area contributed by atoms with Gasteiger partial charge in [-0.25, -0.2) is 4.39 Å². The molecule has 1 atom stereocenters. The second-order valence-corrected chi connectivity index (χ2v) is 4.84. The van der Waals surface area contributed by atoms with Crippen LogP contribution in [-0.4, -0.2) is 0 Å². The first-order valence-corrected chi connectivity index (χ1v) is 6.03. The van der Waals surface area contributed by atoms with Gasteiger partial charge in [0.2, 0.25) is 0 Å². The molecule has 1 heterocycles. The minimum Gasteiger partial charge on any atom is -0.448 e. The van der Waals surface area contributed by atoms with Crippen molar-refractivity contribution in [2.75, 3.05) is 0 Å². The summed E-state index contributed by atoms with van der Waals surface area (Å²) in [7, 11) is 0. The molecule has 0 bridgehead atoms. The molecule has 2 rings (SSSR count). The van der Waals surface area contributed by atoms with E-state index in [-0.39, 0.29) is 11.0 Å². The average Bonchev–Trinajstić information content (AvgIpc) is 2.68. The summed E-state index contributed by atoms with van der Waals surface area (Å²) in [6.07, 6.45) is 0. The van der Waals surface area contributed by atoms with E-state index >= 15 is 0 Å². The number of halogens is 4. The predicted molar refractivity (Wildman–Crippen MR) is 65.5 cm³/mol. The van der Waals surface area contributed by atoms with Crippen molar-refractivity contribution < 1.29 is 8.81 Å². The molecule has 0 amide bonds. The summed E-state index contributed by atoms with van der Waals surface area (Å²) in [6, 6.07) is 7.87. The second kappa shape index (κ2) is 4.78. The highest BCUT2D eigenvalue weighted by atomic mass is 79.9. The Morgan fingerprint density at radius 1 is 1.25 bits per heavy atom. The van der Waals surface area contributed by atoms with Crippen LogP contribution in [0, 0.1) is 5.82 Å². The van der Waals surface area contributed by atoms with E-state index in [0.717, 1.165) is 5.56 Å². The van der Waals surface area contributed by atoms with Gasteiger partial charge in [-0.15, -0.1) is 11.6 Å². The molecule has 84 valence electrons. The molecule has 0 saturated heterocycles. The maximum atomic E-state index is 13.0. The topological polar surface area (TPSA) is 13.1 Å². The zero-order valence-electron chi connectivity index (χ0n) is 7.88. The number of hydrogen-bond acceptors (Lipinski definition) is 1. The largest absolute Gasteiger partial charge is 0.448 e. The van der Waals surface area contributed by atoms with Crippen molar-refractivity contribution in [1.29, 1.82) is 0 Å². The molecule has 0 aliphatic heterocycles. The first kappa shape index (κ1) is 12.0. The lowest BCUT2D eigenvalue weighted by Crippen LogP contribution is -1.92. The zero-order chi connectivity index (χ0) is 11.7. The Bertz CT molecular complexity index is 512. The first-order chi connectivity index (χ1) is 7.58. The highest BCUT2D eigenvalue weighted by Gasteiger charge is 2.16. The highest BCUT2D eigenvalue weighted by molar-refractivity contribution is 9.10. The van der Waals surface area contributed by atoms with Crippen LogP contribution in [0.3, 0.4) is 0 Å². The van der Waals surface area contributed by atoms with E-state index in [1.54, 1.807) is 24.3 Å². The first-order valence-electron chi connectivity index (χ1n) is 4.42. The van der Waals surface area contributed by atoms with Gasteiger partial charge in [0.1, 0.15) is 17.0 Å². The van der Waals surface area contributed by atoms with Crippen LogP contribution in [0.4, 0.5) is 4.39 Å². The van der Waals surface area contributed by atoms with Crippen LogP contribution in [0.15, 0.2) is 39.2 Å². The molecule has 1 unspecified atom stereocenters. The van der Waals surface area contributed by atoms with E-state index in [1.165, 1.54) is 6.07 Å². The Morgan fingerprint density at radius 3 is 2.56 bits per heavy atom.